The van der Waals surface area contributed by atoms with Crippen LogP contribution in [0.25, 0.3) is 5.69 Å². The summed E-state index contributed by atoms with van der Waals surface area (Å²) in [7, 11) is 0. The van der Waals surface area contributed by atoms with Crippen LogP contribution in [-0.2, 0) is 4.74 Å². The number of hydrogen-bond donors (Lipinski definition) is 2. The minimum absolute atomic E-state index is 0.0563. The molecule has 204 valence electrons. The topological polar surface area (TPSA) is 93.5 Å². The monoisotopic (exact) mass is 545 g/mol. The molecular weight excluding hydrogens is 512 g/mol. The maximum atomic E-state index is 13.7. The van der Waals surface area contributed by atoms with E-state index in [4.69, 9.17) is 4.74 Å². The fourth-order valence-electron chi connectivity index (χ4n) is 7.62. The van der Waals surface area contributed by atoms with Crippen LogP contribution in [0.1, 0.15) is 84.9 Å². The summed E-state index contributed by atoms with van der Waals surface area (Å²) >= 11 is 1.68. The Hall–Kier alpha value is -2.46. The number of carbonyl (C=O) groups excluding carboxylic acids is 1. The molecule has 2 aromatic rings. The van der Waals surface area contributed by atoms with E-state index in [1.54, 1.807) is 46.9 Å². The van der Waals surface area contributed by atoms with Gasteiger partial charge in [0.05, 0.1) is 28.6 Å². The number of thioether (sulfide) groups is 1. The number of carboxylic acid groups (broad SMARTS) is 1. The summed E-state index contributed by atoms with van der Waals surface area (Å²) in [4.78, 5) is 25.1. The number of halogens is 2. The molecule has 10 heteroatoms. The summed E-state index contributed by atoms with van der Waals surface area (Å²) in [6.07, 6.45) is 11.0. The zero-order valence-corrected chi connectivity index (χ0v) is 22.0. The minimum Gasteiger partial charge on any atom is -0.478 e. The van der Waals surface area contributed by atoms with Crippen LogP contribution in [0.15, 0.2) is 35.5 Å². The van der Waals surface area contributed by atoms with Gasteiger partial charge in [0.1, 0.15) is 5.03 Å². The SMILES string of the molecule is O=C(O)c1ccc(-n2ncc(C(=O)N[C@H]3C4CC5CC3C[C@@](OC(F)F)(C5)C4)c2SC2CCCCC2)cc1. The molecule has 1 aromatic carbocycles. The molecule has 5 aliphatic carbocycles. The molecule has 1 aromatic heterocycles. The van der Waals surface area contributed by atoms with Crippen LogP contribution in [0.5, 0.6) is 0 Å². The summed E-state index contributed by atoms with van der Waals surface area (Å²) in [6, 6.07) is 6.45. The number of ether oxygens (including phenoxy) is 1. The molecule has 1 heterocycles. The molecule has 0 saturated heterocycles. The molecular formula is C28H33F2N3O4S. The highest BCUT2D eigenvalue weighted by atomic mass is 32.2. The molecule has 2 N–H and O–H groups in total. The molecule has 2 unspecified atom stereocenters. The van der Waals surface area contributed by atoms with Crippen molar-refractivity contribution in [1.82, 2.24) is 15.1 Å². The van der Waals surface area contributed by atoms with Crippen LogP contribution < -0.4 is 5.32 Å². The van der Waals surface area contributed by atoms with Crippen LogP contribution in [-0.4, -0.2) is 50.3 Å². The number of rotatable bonds is 8. The van der Waals surface area contributed by atoms with Crippen molar-refractivity contribution in [2.75, 3.05) is 0 Å². The molecule has 4 bridgehead atoms. The Bertz CT molecular complexity index is 1180. The Morgan fingerprint density at radius 1 is 1.08 bits per heavy atom. The second-order valence-corrected chi connectivity index (χ2v) is 12.8. The van der Waals surface area contributed by atoms with E-state index in [1.807, 2.05) is 0 Å². The Morgan fingerprint density at radius 3 is 2.39 bits per heavy atom. The van der Waals surface area contributed by atoms with Gasteiger partial charge >= 0.3 is 12.6 Å². The highest BCUT2D eigenvalue weighted by Gasteiger charge is 2.57. The van der Waals surface area contributed by atoms with Crippen LogP contribution in [0, 0.1) is 17.8 Å². The summed E-state index contributed by atoms with van der Waals surface area (Å²) in [5.74, 6) is -0.523. The lowest BCUT2D eigenvalue weighted by Crippen LogP contribution is -2.62. The van der Waals surface area contributed by atoms with Crippen molar-refractivity contribution < 1.29 is 28.2 Å². The van der Waals surface area contributed by atoms with Gasteiger partial charge in [-0.25, -0.2) is 9.48 Å². The Labute approximate surface area is 224 Å². The highest BCUT2D eigenvalue weighted by molar-refractivity contribution is 8.00. The second-order valence-electron chi connectivity index (χ2n) is 11.5. The lowest BCUT2D eigenvalue weighted by Gasteiger charge is -2.59. The quantitative estimate of drug-likeness (QED) is 0.428. The zero-order chi connectivity index (χ0) is 26.4. The Morgan fingerprint density at radius 2 is 1.76 bits per heavy atom. The van der Waals surface area contributed by atoms with Crippen molar-refractivity contribution in [1.29, 1.82) is 0 Å². The summed E-state index contributed by atoms with van der Waals surface area (Å²) in [6.45, 7) is -2.77. The number of nitrogens with one attached hydrogen (secondary N) is 1. The third kappa shape index (κ3) is 4.97. The molecule has 38 heavy (non-hydrogen) atoms. The summed E-state index contributed by atoms with van der Waals surface area (Å²) in [5, 5.41) is 18.3. The van der Waals surface area contributed by atoms with Gasteiger partial charge in [0.25, 0.3) is 5.91 Å². The van der Waals surface area contributed by atoms with Crippen molar-refractivity contribution >= 4 is 23.6 Å². The average Bonchev–Trinajstić information content (AvgIpc) is 3.29. The molecule has 7 rings (SSSR count). The zero-order valence-electron chi connectivity index (χ0n) is 21.2. The predicted molar refractivity (Wildman–Crippen MR) is 138 cm³/mol. The van der Waals surface area contributed by atoms with E-state index in [1.165, 1.54) is 6.42 Å². The van der Waals surface area contributed by atoms with Gasteiger partial charge in [0, 0.05) is 11.3 Å². The maximum Gasteiger partial charge on any atom is 0.345 e. The largest absolute Gasteiger partial charge is 0.478 e. The van der Waals surface area contributed by atoms with Crippen LogP contribution >= 0.6 is 11.8 Å². The van der Waals surface area contributed by atoms with Crippen molar-refractivity contribution in [2.45, 2.75) is 92.7 Å². The van der Waals surface area contributed by atoms with Gasteiger partial charge in [0.2, 0.25) is 0 Å². The Balaban J connectivity index is 1.25. The van der Waals surface area contributed by atoms with E-state index in [9.17, 15) is 23.5 Å². The molecule has 0 spiro atoms. The van der Waals surface area contributed by atoms with Gasteiger partial charge in [0.15, 0.2) is 0 Å². The molecule has 5 aliphatic rings. The fourth-order valence-corrected chi connectivity index (χ4v) is 9.03. The van der Waals surface area contributed by atoms with E-state index in [2.05, 4.69) is 10.4 Å². The minimum atomic E-state index is -2.77. The lowest BCUT2D eigenvalue weighted by atomic mass is 9.52. The molecule has 7 nitrogen and oxygen atoms in total. The first kappa shape index (κ1) is 25.8. The van der Waals surface area contributed by atoms with Crippen molar-refractivity contribution in [2.24, 2.45) is 17.8 Å². The second kappa shape index (κ2) is 10.3. The molecule has 0 radical (unpaired) electrons. The van der Waals surface area contributed by atoms with Gasteiger partial charge in [-0.15, -0.1) is 11.8 Å². The molecule has 5 saturated carbocycles. The van der Waals surface area contributed by atoms with E-state index in [0.29, 0.717) is 41.7 Å². The van der Waals surface area contributed by atoms with E-state index in [0.717, 1.165) is 43.6 Å². The maximum absolute atomic E-state index is 13.7. The molecule has 5 fully saturated rings. The third-order valence-corrected chi connectivity index (χ3v) is 10.4. The van der Waals surface area contributed by atoms with Crippen molar-refractivity contribution in [3.8, 4) is 5.69 Å². The van der Waals surface area contributed by atoms with Gasteiger partial charge in [-0.05, 0) is 87.0 Å². The summed E-state index contributed by atoms with van der Waals surface area (Å²) in [5.41, 5.74) is 0.653. The number of benzene rings is 1. The van der Waals surface area contributed by atoms with Gasteiger partial charge < -0.3 is 15.2 Å². The van der Waals surface area contributed by atoms with Gasteiger partial charge in [-0.1, -0.05) is 19.3 Å². The first-order valence-electron chi connectivity index (χ1n) is 13.7. The summed E-state index contributed by atoms with van der Waals surface area (Å²) < 4.78 is 33.3. The standard InChI is InChI=1S/C28H33F2N3O4S/c29-27(30)37-28-12-16-10-18(13-28)23(19(11-16)14-28)32-24(34)22-15-31-33(20-8-6-17(7-9-20)26(35)36)25(22)38-21-4-2-1-3-5-21/h6-9,15-16,18-19,21,23,27H,1-5,10-14H2,(H,32,34)(H,35,36)/t16?,18?,19?,23-,28+. The molecule has 2 atom stereocenters. The van der Waals surface area contributed by atoms with E-state index >= 15 is 0 Å². The molecule has 0 aliphatic heterocycles. The van der Waals surface area contributed by atoms with Gasteiger partial charge in [-0.3, -0.25) is 4.79 Å². The fraction of sp³-hybridized carbons (Fsp3) is 0.607. The van der Waals surface area contributed by atoms with E-state index < -0.39 is 18.2 Å². The third-order valence-electron chi connectivity index (χ3n) is 9.01. The van der Waals surface area contributed by atoms with Crippen LogP contribution in [0.3, 0.4) is 0 Å². The van der Waals surface area contributed by atoms with E-state index in [-0.39, 0.29) is 29.3 Å². The number of hydrogen-bond acceptors (Lipinski definition) is 5. The number of aromatic carboxylic acids is 1. The Kier molecular flexibility index (Phi) is 6.97. The first-order chi connectivity index (χ1) is 18.3. The number of aromatic nitrogens is 2. The van der Waals surface area contributed by atoms with Crippen molar-refractivity contribution in [3.05, 3.63) is 41.6 Å². The normalized spacial score (nSPS) is 30.6. The average molecular weight is 546 g/mol. The van der Waals surface area contributed by atoms with Crippen LogP contribution in [0.2, 0.25) is 0 Å². The van der Waals surface area contributed by atoms with Crippen molar-refractivity contribution in [3.63, 3.8) is 0 Å². The predicted octanol–water partition coefficient (Wildman–Crippen LogP) is 5.91. The first-order valence-corrected chi connectivity index (χ1v) is 14.5. The van der Waals surface area contributed by atoms with Gasteiger partial charge in [-0.2, -0.15) is 13.9 Å². The number of amides is 1. The van der Waals surface area contributed by atoms with Crippen LogP contribution in [0.4, 0.5) is 8.78 Å². The smallest absolute Gasteiger partial charge is 0.345 e. The number of nitrogens with zero attached hydrogens (tertiary/aromatic N) is 2. The molecule has 1 amide bonds. The highest BCUT2D eigenvalue weighted by Crippen LogP contribution is 2.57. The number of carboxylic acids is 1. The number of alkyl halides is 2. The number of carbonyl (C=O) groups is 2. The lowest BCUT2D eigenvalue weighted by molar-refractivity contribution is -0.260.